The van der Waals surface area contributed by atoms with E-state index in [0.717, 1.165) is 18.8 Å². The Balaban J connectivity index is 1.77. The number of nitrogen functional groups attached to an aromatic ring is 1. The second-order valence-corrected chi connectivity index (χ2v) is 6.07. The molecule has 0 spiro atoms. The van der Waals surface area contributed by atoms with Gasteiger partial charge in [0.2, 0.25) is 5.91 Å². The van der Waals surface area contributed by atoms with Gasteiger partial charge in [0, 0.05) is 13.1 Å². The molecule has 116 valence electrons. The van der Waals surface area contributed by atoms with Crippen molar-refractivity contribution in [3.05, 3.63) is 24.3 Å². The number of hydrogen-bond donors (Lipinski definition) is 1. The van der Waals surface area contributed by atoms with Crippen LogP contribution in [0.5, 0.6) is 5.75 Å². The molecule has 0 bridgehead atoms. The monoisotopic (exact) mass is 290 g/mol. The van der Waals surface area contributed by atoms with Gasteiger partial charge in [-0.25, -0.2) is 0 Å². The Labute approximate surface area is 127 Å². The molecule has 0 heterocycles. The Bertz CT molecular complexity index is 476. The molecule has 2 rings (SSSR count). The van der Waals surface area contributed by atoms with E-state index in [1.54, 1.807) is 6.07 Å². The van der Waals surface area contributed by atoms with E-state index in [1.165, 1.54) is 12.8 Å². The first-order valence-corrected chi connectivity index (χ1v) is 7.81. The smallest absolute Gasteiger partial charge is 0.225 e. The van der Waals surface area contributed by atoms with Gasteiger partial charge in [-0.3, -0.25) is 4.79 Å². The summed E-state index contributed by atoms with van der Waals surface area (Å²) in [4.78, 5) is 14.1. The Hall–Kier alpha value is -1.71. The largest absolute Gasteiger partial charge is 0.491 e. The third kappa shape index (κ3) is 4.38. The SMILES string of the molecule is CC1CCCC(N(C)C(=O)CCOc2ccccc2N)C1. The van der Waals surface area contributed by atoms with Crippen LogP contribution in [0.4, 0.5) is 5.69 Å². The molecule has 4 heteroatoms. The third-order valence-electron chi connectivity index (χ3n) is 4.34. The molecule has 1 aromatic rings. The summed E-state index contributed by atoms with van der Waals surface area (Å²) in [7, 11) is 1.92. The summed E-state index contributed by atoms with van der Waals surface area (Å²) in [5, 5.41) is 0. The number of nitrogens with two attached hydrogens (primary N) is 1. The van der Waals surface area contributed by atoms with Crippen molar-refractivity contribution in [3.8, 4) is 5.75 Å². The van der Waals surface area contributed by atoms with Crippen molar-refractivity contribution < 1.29 is 9.53 Å². The van der Waals surface area contributed by atoms with Crippen LogP contribution in [-0.2, 0) is 4.79 Å². The summed E-state index contributed by atoms with van der Waals surface area (Å²) in [5.41, 5.74) is 6.42. The van der Waals surface area contributed by atoms with Gasteiger partial charge < -0.3 is 15.4 Å². The minimum atomic E-state index is 0.156. The van der Waals surface area contributed by atoms with Crippen LogP contribution >= 0.6 is 0 Å². The number of nitrogens with zero attached hydrogens (tertiary/aromatic N) is 1. The molecule has 2 atom stereocenters. The quantitative estimate of drug-likeness (QED) is 0.848. The summed E-state index contributed by atoms with van der Waals surface area (Å²) in [5.74, 6) is 1.53. The normalized spacial score (nSPS) is 21.8. The van der Waals surface area contributed by atoms with Crippen LogP contribution in [0.2, 0.25) is 0 Å². The molecule has 1 aliphatic carbocycles. The number of para-hydroxylation sites is 2. The van der Waals surface area contributed by atoms with Gasteiger partial charge in [0.15, 0.2) is 0 Å². The number of rotatable bonds is 5. The lowest BCUT2D eigenvalue weighted by Gasteiger charge is -2.34. The molecular formula is C17H26N2O2. The first-order chi connectivity index (χ1) is 10.1. The van der Waals surface area contributed by atoms with Crippen molar-refractivity contribution in [2.75, 3.05) is 19.4 Å². The molecule has 1 fully saturated rings. The summed E-state index contributed by atoms with van der Waals surface area (Å²) < 4.78 is 5.59. The summed E-state index contributed by atoms with van der Waals surface area (Å²) >= 11 is 0. The lowest BCUT2D eigenvalue weighted by atomic mass is 9.86. The third-order valence-corrected chi connectivity index (χ3v) is 4.34. The van der Waals surface area contributed by atoms with Crippen molar-refractivity contribution >= 4 is 11.6 Å². The van der Waals surface area contributed by atoms with Crippen molar-refractivity contribution in [2.24, 2.45) is 5.92 Å². The topological polar surface area (TPSA) is 55.6 Å². The molecule has 4 nitrogen and oxygen atoms in total. The number of anilines is 1. The average Bonchev–Trinajstić information content (AvgIpc) is 2.48. The minimum Gasteiger partial charge on any atom is -0.491 e. The number of benzene rings is 1. The van der Waals surface area contributed by atoms with Crippen LogP contribution in [0.25, 0.3) is 0 Å². The van der Waals surface area contributed by atoms with Gasteiger partial charge in [0.05, 0.1) is 18.7 Å². The molecule has 1 amide bonds. The van der Waals surface area contributed by atoms with E-state index in [9.17, 15) is 4.79 Å². The van der Waals surface area contributed by atoms with E-state index in [2.05, 4.69) is 6.92 Å². The van der Waals surface area contributed by atoms with E-state index in [4.69, 9.17) is 10.5 Å². The van der Waals surface area contributed by atoms with Gasteiger partial charge in [0.25, 0.3) is 0 Å². The highest BCUT2D eigenvalue weighted by atomic mass is 16.5. The predicted octanol–water partition coefficient (Wildman–Crippen LogP) is 3.07. The second-order valence-electron chi connectivity index (χ2n) is 6.07. The maximum Gasteiger partial charge on any atom is 0.225 e. The Morgan fingerprint density at radius 3 is 2.86 bits per heavy atom. The molecule has 0 aromatic heterocycles. The van der Waals surface area contributed by atoms with Crippen LogP contribution in [0.1, 0.15) is 39.0 Å². The van der Waals surface area contributed by atoms with Crippen LogP contribution in [-0.4, -0.2) is 30.5 Å². The number of carbonyl (C=O) groups excluding carboxylic acids is 1. The van der Waals surface area contributed by atoms with E-state index >= 15 is 0 Å². The molecular weight excluding hydrogens is 264 g/mol. The number of hydrogen-bond acceptors (Lipinski definition) is 3. The van der Waals surface area contributed by atoms with Gasteiger partial charge in [-0.05, 0) is 30.9 Å². The molecule has 1 saturated carbocycles. The first-order valence-electron chi connectivity index (χ1n) is 7.81. The average molecular weight is 290 g/mol. The highest BCUT2D eigenvalue weighted by Crippen LogP contribution is 2.27. The minimum absolute atomic E-state index is 0.156. The fourth-order valence-electron chi connectivity index (χ4n) is 2.99. The second kappa shape index (κ2) is 7.34. The zero-order valence-electron chi connectivity index (χ0n) is 13.0. The standard InChI is InChI=1S/C17H26N2O2/c1-13-6-5-7-14(12-13)19(2)17(20)10-11-21-16-9-4-3-8-15(16)18/h3-4,8-9,13-14H,5-7,10-12,18H2,1-2H3. The maximum atomic E-state index is 12.2. The van der Waals surface area contributed by atoms with E-state index in [-0.39, 0.29) is 5.91 Å². The highest BCUT2D eigenvalue weighted by Gasteiger charge is 2.25. The Morgan fingerprint density at radius 2 is 2.14 bits per heavy atom. The van der Waals surface area contributed by atoms with E-state index < -0.39 is 0 Å². The lowest BCUT2D eigenvalue weighted by Crippen LogP contribution is -2.40. The fraction of sp³-hybridized carbons (Fsp3) is 0.588. The summed E-state index contributed by atoms with van der Waals surface area (Å²) in [6, 6.07) is 7.76. The highest BCUT2D eigenvalue weighted by molar-refractivity contribution is 5.76. The molecule has 1 aliphatic rings. The number of carbonyl (C=O) groups is 1. The van der Waals surface area contributed by atoms with Gasteiger partial charge in [-0.2, -0.15) is 0 Å². The molecule has 2 unspecified atom stereocenters. The van der Waals surface area contributed by atoms with Crippen molar-refractivity contribution in [2.45, 2.75) is 45.1 Å². The number of amides is 1. The van der Waals surface area contributed by atoms with Gasteiger partial charge in [-0.15, -0.1) is 0 Å². The Kier molecular flexibility index (Phi) is 5.48. The zero-order valence-corrected chi connectivity index (χ0v) is 13.0. The van der Waals surface area contributed by atoms with Crippen LogP contribution < -0.4 is 10.5 Å². The molecule has 0 radical (unpaired) electrons. The zero-order chi connectivity index (χ0) is 15.2. The van der Waals surface area contributed by atoms with Crippen molar-refractivity contribution in [3.63, 3.8) is 0 Å². The van der Waals surface area contributed by atoms with E-state index in [1.807, 2.05) is 30.1 Å². The summed E-state index contributed by atoms with van der Waals surface area (Å²) in [6.45, 7) is 2.64. The molecule has 1 aromatic carbocycles. The molecule has 21 heavy (non-hydrogen) atoms. The van der Waals surface area contributed by atoms with Gasteiger partial charge >= 0.3 is 0 Å². The van der Waals surface area contributed by atoms with Gasteiger partial charge in [-0.1, -0.05) is 31.9 Å². The first kappa shape index (κ1) is 15.7. The molecule has 2 N–H and O–H groups in total. The summed E-state index contributed by atoms with van der Waals surface area (Å²) in [6.07, 6.45) is 5.15. The lowest BCUT2D eigenvalue weighted by molar-refractivity contribution is -0.133. The van der Waals surface area contributed by atoms with Crippen LogP contribution in [0.3, 0.4) is 0 Å². The van der Waals surface area contributed by atoms with Gasteiger partial charge in [0.1, 0.15) is 5.75 Å². The van der Waals surface area contributed by atoms with Crippen LogP contribution in [0, 0.1) is 5.92 Å². The van der Waals surface area contributed by atoms with E-state index in [0.29, 0.717) is 30.5 Å². The maximum absolute atomic E-state index is 12.2. The van der Waals surface area contributed by atoms with Crippen LogP contribution in [0.15, 0.2) is 24.3 Å². The Morgan fingerprint density at radius 1 is 1.38 bits per heavy atom. The van der Waals surface area contributed by atoms with Crippen molar-refractivity contribution in [1.82, 2.24) is 4.90 Å². The predicted molar refractivity (Wildman–Crippen MR) is 85.2 cm³/mol. The molecule has 0 saturated heterocycles. The number of ether oxygens (including phenoxy) is 1. The van der Waals surface area contributed by atoms with Crippen molar-refractivity contribution in [1.29, 1.82) is 0 Å². The fourth-order valence-corrected chi connectivity index (χ4v) is 2.99. The molecule has 0 aliphatic heterocycles.